The van der Waals surface area contributed by atoms with Crippen LogP contribution in [0.25, 0.3) is 0 Å². The van der Waals surface area contributed by atoms with Crippen molar-refractivity contribution in [1.82, 2.24) is 5.32 Å². The topological polar surface area (TPSA) is 12.0 Å². The quantitative estimate of drug-likeness (QED) is 0.742. The maximum Gasteiger partial charge on any atom is -0.00177 e. The Kier molecular flexibility index (Phi) is 6.36. The lowest BCUT2D eigenvalue weighted by Crippen LogP contribution is -2.39. The fourth-order valence-corrected chi connectivity index (χ4v) is 3.68. The van der Waals surface area contributed by atoms with Gasteiger partial charge in [0.15, 0.2) is 0 Å². The molecule has 0 aliphatic heterocycles. The number of hydrogen-bond donors (Lipinski definition) is 1. The van der Waals surface area contributed by atoms with Gasteiger partial charge < -0.3 is 5.32 Å². The Labute approximate surface area is 121 Å². The van der Waals surface area contributed by atoms with Gasteiger partial charge in [-0.3, -0.25) is 0 Å². The first-order valence-corrected chi connectivity index (χ1v) is 8.42. The van der Waals surface area contributed by atoms with Gasteiger partial charge in [-0.2, -0.15) is 0 Å². The molecule has 0 amide bonds. The van der Waals surface area contributed by atoms with E-state index in [1.165, 1.54) is 32.4 Å². The van der Waals surface area contributed by atoms with Crippen LogP contribution in [-0.4, -0.2) is 13.1 Å². The summed E-state index contributed by atoms with van der Waals surface area (Å²) in [5.74, 6) is 4.33. The molecule has 1 fully saturated rings. The molecule has 0 heterocycles. The van der Waals surface area contributed by atoms with Crippen molar-refractivity contribution < 1.29 is 0 Å². The van der Waals surface area contributed by atoms with Crippen LogP contribution >= 0.6 is 0 Å². The maximum atomic E-state index is 3.69. The molecule has 0 spiro atoms. The molecule has 19 heavy (non-hydrogen) atoms. The largest absolute Gasteiger partial charge is 0.316 e. The highest BCUT2D eigenvalue weighted by molar-refractivity contribution is 4.87. The van der Waals surface area contributed by atoms with Gasteiger partial charge in [-0.15, -0.1) is 0 Å². The van der Waals surface area contributed by atoms with E-state index < -0.39 is 0 Å². The van der Waals surface area contributed by atoms with Crippen LogP contribution < -0.4 is 5.32 Å². The zero-order chi connectivity index (χ0) is 14.6. The molecule has 1 N–H and O–H groups in total. The highest BCUT2D eigenvalue weighted by atomic mass is 14.9. The van der Waals surface area contributed by atoms with Gasteiger partial charge in [0.05, 0.1) is 0 Å². The average Bonchev–Trinajstić information content (AvgIpc) is 2.27. The lowest BCUT2D eigenvalue weighted by Gasteiger charge is -2.43. The molecular weight excluding hydrogens is 230 g/mol. The highest BCUT2D eigenvalue weighted by Gasteiger charge is 2.36. The SMILES string of the molecule is CC(C)CNCC1CCC(C(C)(C)C)CC1C(C)C. The Morgan fingerprint density at radius 1 is 1.05 bits per heavy atom. The van der Waals surface area contributed by atoms with Gasteiger partial charge in [0, 0.05) is 0 Å². The minimum Gasteiger partial charge on any atom is -0.316 e. The van der Waals surface area contributed by atoms with Gasteiger partial charge in [0.25, 0.3) is 0 Å². The molecule has 1 aliphatic rings. The summed E-state index contributed by atoms with van der Waals surface area (Å²) in [7, 11) is 0. The fraction of sp³-hybridized carbons (Fsp3) is 1.00. The fourth-order valence-electron chi connectivity index (χ4n) is 3.68. The first-order chi connectivity index (χ1) is 8.71. The van der Waals surface area contributed by atoms with E-state index in [1.54, 1.807) is 0 Å². The summed E-state index contributed by atoms with van der Waals surface area (Å²) >= 11 is 0. The molecule has 3 atom stereocenters. The van der Waals surface area contributed by atoms with Crippen LogP contribution in [0.5, 0.6) is 0 Å². The highest BCUT2D eigenvalue weighted by Crippen LogP contribution is 2.44. The van der Waals surface area contributed by atoms with Crippen LogP contribution in [0.15, 0.2) is 0 Å². The van der Waals surface area contributed by atoms with E-state index in [4.69, 9.17) is 0 Å². The van der Waals surface area contributed by atoms with Crippen molar-refractivity contribution in [2.24, 2.45) is 35.0 Å². The third-order valence-electron chi connectivity index (χ3n) is 5.09. The van der Waals surface area contributed by atoms with Crippen LogP contribution in [-0.2, 0) is 0 Å². The van der Waals surface area contributed by atoms with E-state index in [9.17, 15) is 0 Å². The van der Waals surface area contributed by atoms with E-state index >= 15 is 0 Å². The maximum absolute atomic E-state index is 3.69. The van der Waals surface area contributed by atoms with Gasteiger partial charge in [0.1, 0.15) is 0 Å². The lowest BCUT2D eigenvalue weighted by molar-refractivity contribution is 0.0725. The minimum atomic E-state index is 0.490. The Morgan fingerprint density at radius 2 is 1.68 bits per heavy atom. The van der Waals surface area contributed by atoms with Crippen molar-refractivity contribution in [2.45, 2.75) is 67.7 Å². The monoisotopic (exact) mass is 267 g/mol. The average molecular weight is 268 g/mol. The molecule has 1 saturated carbocycles. The van der Waals surface area contributed by atoms with Crippen molar-refractivity contribution in [1.29, 1.82) is 0 Å². The molecule has 1 heteroatoms. The smallest absolute Gasteiger partial charge is 0.00177 e. The molecule has 1 nitrogen and oxygen atoms in total. The second-order valence-corrected chi connectivity index (χ2v) is 8.60. The predicted octanol–water partition coefficient (Wildman–Crippen LogP) is 4.97. The number of nitrogens with one attached hydrogen (secondary N) is 1. The molecule has 0 aromatic carbocycles. The van der Waals surface area contributed by atoms with Crippen molar-refractivity contribution in [3.05, 3.63) is 0 Å². The Balaban J connectivity index is 2.54. The minimum absolute atomic E-state index is 0.490. The van der Waals surface area contributed by atoms with Crippen molar-refractivity contribution in [2.75, 3.05) is 13.1 Å². The Morgan fingerprint density at radius 3 is 2.16 bits per heavy atom. The van der Waals surface area contributed by atoms with Gasteiger partial charge in [-0.05, 0) is 67.4 Å². The molecule has 3 unspecified atom stereocenters. The third-order valence-corrected chi connectivity index (χ3v) is 5.09. The zero-order valence-electron chi connectivity index (χ0n) is 14.4. The summed E-state index contributed by atoms with van der Waals surface area (Å²) < 4.78 is 0. The molecule has 0 saturated heterocycles. The Hall–Kier alpha value is -0.0400. The summed E-state index contributed by atoms with van der Waals surface area (Å²) in [4.78, 5) is 0. The molecule has 0 aromatic rings. The zero-order valence-corrected chi connectivity index (χ0v) is 14.4. The van der Waals surface area contributed by atoms with Gasteiger partial charge in [0.2, 0.25) is 0 Å². The van der Waals surface area contributed by atoms with E-state index in [0.29, 0.717) is 5.41 Å². The third kappa shape index (κ3) is 5.45. The summed E-state index contributed by atoms with van der Waals surface area (Å²) in [5.41, 5.74) is 0.490. The van der Waals surface area contributed by atoms with Gasteiger partial charge in [-0.25, -0.2) is 0 Å². The number of rotatable bonds is 5. The molecule has 0 radical (unpaired) electrons. The molecule has 1 aliphatic carbocycles. The van der Waals surface area contributed by atoms with Crippen LogP contribution in [0.3, 0.4) is 0 Å². The Bertz CT molecular complexity index is 249. The second-order valence-electron chi connectivity index (χ2n) is 8.60. The molecule has 0 bridgehead atoms. The lowest BCUT2D eigenvalue weighted by atomic mass is 9.63. The molecule has 1 rings (SSSR count). The van der Waals surface area contributed by atoms with E-state index in [1.807, 2.05) is 0 Å². The van der Waals surface area contributed by atoms with E-state index in [-0.39, 0.29) is 0 Å². The van der Waals surface area contributed by atoms with Crippen molar-refractivity contribution in [3.63, 3.8) is 0 Å². The normalized spacial score (nSPS) is 29.2. The summed E-state index contributed by atoms with van der Waals surface area (Å²) in [6, 6.07) is 0. The molecule has 0 aromatic heterocycles. The summed E-state index contributed by atoms with van der Waals surface area (Å²) in [6.45, 7) is 19.1. The molecular formula is C18H37N. The van der Waals surface area contributed by atoms with Crippen LogP contribution in [0.1, 0.15) is 67.7 Å². The molecule has 114 valence electrons. The number of hydrogen-bond acceptors (Lipinski definition) is 1. The van der Waals surface area contributed by atoms with Crippen LogP contribution in [0.2, 0.25) is 0 Å². The predicted molar refractivity (Wildman–Crippen MR) is 86.3 cm³/mol. The first-order valence-electron chi connectivity index (χ1n) is 8.42. The van der Waals surface area contributed by atoms with E-state index in [0.717, 1.165) is 29.6 Å². The van der Waals surface area contributed by atoms with Crippen LogP contribution in [0.4, 0.5) is 0 Å². The van der Waals surface area contributed by atoms with E-state index in [2.05, 4.69) is 53.8 Å². The summed E-state index contributed by atoms with van der Waals surface area (Å²) in [5, 5.41) is 3.69. The van der Waals surface area contributed by atoms with Crippen LogP contribution in [0, 0.1) is 35.0 Å². The standard InChI is InChI=1S/C18H37N/c1-13(2)11-19-12-15-8-9-16(18(5,6)7)10-17(15)14(3)4/h13-17,19H,8-12H2,1-7H3. The second kappa shape index (κ2) is 7.11. The van der Waals surface area contributed by atoms with Crippen molar-refractivity contribution in [3.8, 4) is 0 Å². The van der Waals surface area contributed by atoms with Gasteiger partial charge in [-0.1, -0.05) is 48.5 Å². The first kappa shape index (κ1) is 17.0. The summed E-state index contributed by atoms with van der Waals surface area (Å²) in [6.07, 6.45) is 4.30. The van der Waals surface area contributed by atoms with Gasteiger partial charge >= 0.3 is 0 Å². The van der Waals surface area contributed by atoms with Crippen molar-refractivity contribution >= 4 is 0 Å².